The molecule has 0 atom stereocenters. The first-order valence-electron chi connectivity index (χ1n) is 5.04. The fourth-order valence-electron chi connectivity index (χ4n) is 1.41. The van der Waals surface area contributed by atoms with Gasteiger partial charge in [-0.2, -0.15) is 0 Å². The van der Waals surface area contributed by atoms with Crippen LogP contribution in [-0.2, 0) is 0 Å². The lowest BCUT2D eigenvalue weighted by Gasteiger charge is -2.05. The standard InChI is InChI=1S/C12H11N4O.ClH/c1-17-10-5-2-4-9(8-10)15-12-11(16-13)6-3-7-14-12;/h2-8H,1H3,(H,14,15);1H/q+1;/p-1. The summed E-state index contributed by atoms with van der Waals surface area (Å²) in [6.07, 6.45) is 1.62. The molecule has 0 fully saturated rings. The molecule has 0 aliphatic heterocycles. The molecule has 0 aliphatic carbocycles. The molecule has 18 heavy (non-hydrogen) atoms. The van der Waals surface area contributed by atoms with Gasteiger partial charge in [0.25, 0.3) is 0 Å². The maximum Gasteiger partial charge on any atom is 0.427 e. The van der Waals surface area contributed by atoms with Crippen molar-refractivity contribution in [1.82, 2.24) is 4.98 Å². The highest BCUT2D eigenvalue weighted by Crippen LogP contribution is 2.26. The van der Waals surface area contributed by atoms with Crippen molar-refractivity contribution >= 4 is 17.2 Å². The molecule has 0 saturated carbocycles. The van der Waals surface area contributed by atoms with Gasteiger partial charge in [-0.3, -0.25) is 0 Å². The molecular weight excluding hydrogens is 252 g/mol. The fraction of sp³-hybridized carbons (Fsp3) is 0.0833. The summed E-state index contributed by atoms with van der Waals surface area (Å²) in [5.41, 5.74) is 1.20. The number of anilines is 2. The number of aromatic nitrogens is 1. The maximum atomic E-state index is 8.82. The van der Waals surface area contributed by atoms with Gasteiger partial charge in [0.15, 0.2) is 4.98 Å². The third kappa shape index (κ3) is 3.09. The Labute approximate surface area is 111 Å². The first-order valence-corrected chi connectivity index (χ1v) is 5.04. The summed E-state index contributed by atoms with van der Waals surface area (Å²) in [4.78, 5) is 7.25. The summed E-state index contributed by atoms with van der Waals surface area (Å²) in [5.74, 6) is 1.23. The lowest BCUT2D eigenvalue weighted by molar-refractivity contribution is -0.00000403. The van der Waals surface area contributed by atoms with Crippen LogP contribution >= 0.6 is 0 Å². The molecule has 0 spiro atoms. The Hall–Kier alpha value is -2.32. The highest BCUT2D eigenvalue weighted by Gasteiger charge is 2.13. The van der Waals surface area contributed by atoms with Crippen LogP contribution < -0.4 is 22.5 Å². The van der Waals surface area contributed by atoms with Gasteiger partial charge in [0.2, 0.25) is 11.2 Å². The second-order valence-corrected chi connectivity index (χ2v) is 3.33. The molecule has 6 heteroatoms. The van der Waals surface area contributed by atoms with Crippen LogP contribution in [0.15, 0.2) is 42.6 Å². The van der Waals surface area contributed by atoms with Crippen LogP contribution in [0.5, 0.6) is 5.75 Å². The van der Waals surface area contributed by atoms with Crippen molar-refractivity contribution in [3.05, 3.63) is 47.6 Å². The van der Waals surface area contributed by atoms with E-state index in [0.29, 0.717) is 11.5 Å². The molecule has 1 aromatic heterocycles. The van der Waals surface area contributed by atoms with Gasteiger partial charge in [-0.25, -0.2) is 4.98 Å². The van der Waals surface area contributed by atoms with Crippen LogP contribution in [0.3, 0.4) is 0 Å². The van der Waals surface area contributed by atoms with Gasteiger partial charge in [0, 0.05) is 24.0 Å². The molecular formula is C12H11ClN4O. The van der Waals surface area contributed by atoms with Crippen LogP contribution in [-0.4, -0.2) is 12.1 Å². The van der Waals surface area contributed by atoms with Crippen LogP contribution in [0, 0.1) is 5.39 Å². The van der Waals surface area contributed by atoms with Crippen molar-refractivity contribution in [2.75, 3.05) is 12.4 Å². The molecule has 0 saturated heterocycles. The van der Waals surface area contributed by atoms with Crippen molar-refractivity contribution in [2.24, 2.45) is 0 Å². The van der Waals surface area contributed by atoms with E-state index < -0.39 is 0 Å². The highest BCUT2D eigenvalue weighted by atomic mass is 35.5. The predicted molar refractivity (Wildman–Crippen MR) is 65.3 cm³/mol. The number of hydrogen-bond acceptors (Lipinski definition) is 4. The molecule has 1 heterocycles. The number of nitrogens with one attached hydrogen (secondary N) is 1. The largest absolute Gasteiger partial charge is 1.00 e. The molecule has 92 valence electrons. The van der Waals surface area contributed by atoms with Crippen LogP contribution in [0.1, 0.15) is 0 Å². The Morgan fingerprint density at radius 2 is 2.11 bits per heavy atom. The highest BCUT2D eigenvalue weighted by molar-refractivity contribution is 5.71. The minimum Gasteiger partial charge on any atom is -1.00 e. The van der Waals surface area contributed by atoms with Gasteiger partial charge in [-0.1, -0.05) is 6.07 Å². The van der Waals surface area contributed by atoms with E-state index in [1.54, 1.807) is 25.4 Å². The minimum atomic E-state index is 0. The third-order valence-electron chi connectivity index (χ3n) is 2.23. The molecule has 1 aromatic carbocycles. The minimum absolute atomic E-state index is 0. The zero-order chi connectivity index (χ0) is 12.1. The Bertz CT molecular complexity index is 568. The van der Waals surface area contributed by atoms with Gasteiger partial charge < -0.3 is 22.5 Å². The van der Waals surface area contributed by atoms with Gasteiger partial charge in [0.1, 0.15) is 5.75 Å². The van der Waals surface area contributed by atoms with Crippen LogP contribution in [0.2, 0.25) is 0 Å². The van der Waals surface area contributed by atoms with Crippen molar-refractivity contribution in [3.63, 3.8) is 0 Å². The lowest BCUT2D eigenvalue weighted by atomic mass is 10.3. The fourth-order valence-corrected chi connectivity index (χ4v) is 1.41. The first-order chi connectivity index (χ1) is 8.33. The maximum absolute atomic E-state index is 8.82. The SMILES string of the molecule is COc1cccc(Nc2ncccc2[N+]#N)c1.[Cl-]. The average molecular weight is 263 g/mol. The zero-order valence-electron chi connectivity index (χ0n) is 9.67. The van der Waals surface area contributed by atoms with E-state index in [2.05, 4.69) is 15.3 Å². The number of methoxy groups -OCH3 is 1. The van der Waals surface area contributed by atoms with Crippen molar-refractivity contribution < 1.29 is 17.1 Å². The number of ether oxygens (including phenoxy) is 1. The van der Waals surface area contributed by atoms with Gasteiger partial charge >= 0.3 is 5.69 Å². The molecule has 0 amide bonds. The molecule has 0 bridgehead atoms. The predicted octanol–water partition coefficient (Wildman–Crippen LogP) is 0.322. The number of halogens is 1. The van der Waals surface area contributed by atoms with Crippen molar-refractivity contribution in [3.8, 4) is 5.75 Å². The van der Waals surface area contributed by atoms with E-state index in [4.69, 9.17) is 10.1 Å². The van der Waals surface area contributed by atoms with Crippen LogP contribution in [0.25, 0.3) is 4.98 Å². The molecule has 1 N–H and O–H groups in total. The topological polar surface area (TPSA) is 62.3 Å². The smallest absolute Gasteiger partial charge is 0.427 e. The van der Waals surface area contributed by atoms with E-state index in [9.17, 15) is 0 Å². The van der Waals surface area contributed by atoms with E-state index >= 15 is 0 Å². The molecule has 0 radical (unpaired) electrons. The second-order valence-electron chi connectivity index (χ2n) is 3.33. The molecule has 2 aromatic rings. The number of benzene rings is 1. The van der Waals surface area contributed by atoms with Crippen LogP contribution in [0.4, 0.5) is 17.2 Å². The van der Waals surface area contributed by atoms with Crippen molar-refractivity contribution in [1.29, 1.82) is 5.39 Å². The van der Waals surface area contributed by atoms with Gasteiger partial charge in [0.05, 0.1) is 7.11 Å². The van der Waals surface area contributed by atoms with Crippen molar-refractivity contribution in [2.45, 2.75) is 0 Å². The Morgan fingerprint density at radius 3 is 2.83 bits per heavy atom. The average Bonchev–Trinajstić information content (AvgIpc) is 2.39. The summed E-state index contributed by atoms with van der Waals surface area (Å²) >= 11 is 0. The quantitative estimate of drug-likeness (QED) is 0.810. The first kappa shape index (κ1) is 13.7. The Morgan fingerprint density at radius 1 is 1.28 bits per heavy atom. The number of rotatable bonds is 3. The normalized spacial score (nSPS) is 8.89. The number of hydrogen-bond donors (Lipinski definition) is 1. The van der Waals surface area contributed by atoms with E-state index in [0.717, 1.165) is 11.4 Å². The second kappa shape index (κ2) is 6.42. The number of pyridine rings is 1. The number of diazo groups is 1. The number of nitrogens with zero attached hydrogens (tertiary/aromatic N) is 3. The lowest BCUT2D eigenvalue weighted by Crippen LogP contribution is -3.00. The monoisotopic (exact) mass is 262 g/mol. The summed E-state index contributed by atoms with van der Waals surface area (Å²) in [5, 5.41) is 11.9. The molecule has 0 aliphatic rings. The zero-order valence-corrected chi connectivity index (χ0v) is 10.4. The van der Waals surface area contributed by atoms with E-state index in [1.165, 1.54) is 0 Å². The molecule has 2 rings (SSSR count). The van der Waals surface area contributed by atoms with Gasteiger partial charge in [-0.15, -0.1) is 0 Å². The van der Waals surface area contributed by atoms with E-state index in [-0.39, 0.29) is 12.4 Å². The Balaban J connectivity index is 0.00000162. The molecule has 5 nitrogen and oxygen atoms in total. The summed E-state index contributed by atoms with van der Waals surface area (Å²) in [7, 11) is 1.61. The summed E-state index contributed by atoms with van der Waals surface area (Å²) < 4.78 is 5.12. The summed E-state index contributed by atoms with van der Waals surface area (Å²) in [6.45, 7) is 0. The van der Waals surface area contributed by atoms with Gasteiger partial charge in [-0.05, 0) is 18.2 Å². The summed E-state index contributed by atoms with van der Waals surface area (Å²) in [6, 6.07) is 10.8. The third-order valence-corrected chi connectivity index (χ3v) is 2.23. The van der Waals surface area contributed by atoms with E-state index in [1.807, 2.05) is 24.3 Å². The Kier molecular flexibility index (Phi) is 4.90. The molecule has 0 unspecified atom stereocenters.